The van der Waals surface area contributed by atoms with E-state index in [1.807, 2.05) is 0 Å². The number of carbonyl (C=O) groups excluding carboxylic acids is 1. The summed E-state index contributed by atoms with van der Waals surface area (Å²) in [6.07, 6.45) is 0. The smallest absolute Gasteiger partial charge is 0.311 e. The molecular formula is C12H17N3O4. The molecule has 0 atom stereocenters. The average molecular weight is 267 g/mol. The van der Waals surface area contributed by atoms with E-state index in [2.05, 4.69) is 10.6 Å². The molecule has 0 aliphatic heterocycles. The SMILES string of the molecule is CCOc1c(C(=O)NCCNC)cccc1[N+](=O)[O-]. The summed E-state index contributed by atoms with van der Waals surface area (Å²) < 4.78 is 5.24. The Bertz CT molecular complexity index is 462. The van der Waals surface area contributed by atoms with Crippen LogP contribution in [0.1, 0.15) is 17.3 Å². The molecule has 0 unspecified atom stereocenters. The van der Waals surface area contributed by atoms with Gasteiger partial charge in [0.1, 0.15) is 0 Å². The van der Waals surface area contributed by atoms with Crippen LogP contribution in [0.3, 0.4) is 0 Å². The minimum Gasteiger partial charge on any atom is -0.487 e. The molecule has 19 heavy (non-hydrogen) atoms. The van der Waals surface area contributed by atoms with Crippen LogP contribution in [-0.4, -0.2) is 37.6 Å². The molecule has 1 rings (SSSR count). The summed E-state index contributed by atoms with van der Waals surface area (Å²) in [6.45, 7) is 3.01. The largest absolute Gasteiger partial charge is 0.487 e. The number of likely N-dealkylation sites (N-methyl/N-ethyl adjacent to an activating group) is 1. The van der Waals surface area contributed by atoms with E-state index >= 15 is 0 Å². The molecule has 0 spiro atoms. The van der Waals surface area contributed by atoms with Crippen molar-refractivity contribution in [1.29, 1.82) is 0 Å². The maximum absolute atomic E-state index is 11.9. The maximum Gasteiger partial charge on any atom is 0.311 e. The van der Waals surface area contributed by atoms with E-state index < -0.39 is 4.92 Å². The van der Waals surface area contributed by atoms with Crippen molar-refractivity contribution < 1.29 is 14.5 Å². The van der Waals surface area contributed by atoms with E-state index in [0.29, 0.717) is 13.1 Å². The molecule has 2 N–H and O–H groups in total. The number of nitrogens with one attached hydrogen (secondary N) is 2. The zero-order chi connectivity index (χ0) is 14.3. The van der Waals surface area contributed by atoms with Crippen LogP contribution in [0.15, 0.2) is 18.2 Å². The summed E-state index contributed by atoms with van der Waals surface area (Å²) in [5.74, 6) is -0.376. The van der Waals surface area contributed by atoms with Gasteiger partial charge in [-0.1, -0.05) is 6.07 Å². The van der Waals surface area contributed by atoms with E-state index in [1.54, 1.807) is 14.0 Å². The molecule has 0 bridgehead atoms. The predicted molar refractivity (Wildman–Crippen MR) is 70.5 cm³/mol. The fourth-order valence-corrected chi connectivity index (χ4v) is 1.54. The number of hydrogen-bond donors (Lipinski definition) is 2. The molecule has 1 aromatic carbocycles. The minimum atomic E-state index is -0.560. The molecule has 104 valence electrons. The predicted octanol–water partition coefficient (Wildman–Crippen LogP) is 0.943. The van der Waals surface area contributed by atoms with Gasteiger partial charge in [0.2, 0.25) is 5.75 Å². The van der Waals surface area contributed by atoms with Gasteiger partial charge in [-0.15, -0.1) is 0 Å². The Kier molecular flexibility index (Phi) is 5.74. The highest BCUT2D eigenvalue weighted by Gasteiger charge is 2.22. The molecule has 0 aliphatic rings. The van der Waals surface area contributed by atoms with E-state index in [4.69, 9.17) is 4.74 Å². The highest BCUT2D eigenvalue weighted by molar-refractivity contribution is 5.98. The molecule has 7 heteroatoms. The lowest BCUT2D eigenvalue weighted by Gasteiger charge is -2.10. The maximum atomic E-state index is 11.9. The molecule has 0 aromatic heterocycles. The number of hydrogen-bond acceptors (Lipinski definition) is 5. The first-order valence-electron chi connectivity index (χ1n) is 5.94. The Hall–Kier alpha value is -2.15. The lowest BCUT2D eigenvalue weighted by molar-refractivity contribution is -0.385. The van der Waals surface area contributed by atoms with Gasteiger partial charge in [-0.3, -0.25) is 14.9 Å². The molecule has 0 fully saturated rings. The van der Waals surface area contributed by atoms with Crippen LogP contribution in [0.2, 0.25) is 0 Å². The number of nitro groups is 1. The van der Waals surface area contributed by atoms with Crippen LogP contribution in [0.4, 0.5) is 5.69 Å². The first-order chi connectivity index (χ1) is 9.11. The molecule has 0 saturated heterocycles. The highest BCUT2D eigenvalue weighted by Crippen LogP contribution is 2.30. The number of carbonyl (C=O) groups is 1. The van der Waals surface area contributed by atoms with Crippen LogP contribution in [0.5, 0.6) is 5.75 Å². The third-order valence-corrected chi connectivity index (χ3v) is 2.38. The third-order valence-electron chi connectivity index (χ3n) is 2.38. The molecule has 1 aromatic rings. The molecule has 0 heterocycles. The van der Waals surface area contributed by atoms with Gasteiger partial charge in [-0.05, 0) is 20.0 Å². The number of nitro benzene ring substituents is 1. The summed E-state index contributed by atoms with van der Waals surface area (Å²) in [7, 11) is 1.77. The number of benzene rings is 1. The Morgan fingerprint density at radius 2 is 2.16 bits per heavy atom. The normalized spacial score (nSPS) is 10.0. The summed E-state index contributed by atoms with van der Waals surface area (Å²) in [5.41, 5.74) is -0.0322. The molecular weight excluding hydrogens is 250 g/mol. The molecule has 1 amide bonds. The Morgan fingerprint density at radius 3 is 2.74 bits per heavy atom. The van der Waals surface area contributed by atoms with Crippen LogP contribution in [0.25, 0.3) is 0 Å². The number of amides is 1. The molecule has 0 saturated carbocycles. The lowest BCUT2D eigenvalue weighted by atomic mass is 10.1. The van der Waals surface area contributed by atoms with Crippen molar-refractivity contribution in [2.45, 2.75) is 6.92 Å². The summed E-state index contributed by atoms with van der Waals surface area (Å²) in [5, 5.41) is 16.5. The van der Waals surface area contributed by atoms with Crippen LogP contribution in [-0.2, 0) is 0 Å². The van der Waals surface area contributed by atoms with Crippen molar-refractivity contribution in [3.05, 3.63) is 33.9 Å². The molecule has 7 nitrogen and oxygen atoms in total. The van der Waals surface area contributed by atoms with Gasteiger partial charge in [0.05, 0.1) is 17.1 Å². The summed E-state index contributed by atoms with van der Waals surface area (Å²) in [4.78, 5) is 22.3. The second kappa shape index (κ2) is 7.32. The van der Waals surface area contributed by atoms with E-state index in [9.17, 15) is 14.9 Å². The van der Waals surface area contributed by atoms with Crippen molar-refractivity contribution in [2.24, 2.45) is 0 Å². The van der Waals surface area contributed by atoms with E-state index in [0.717, 1.165) is 0 Å². The molecule has 0 radical (unpaired) electrons. The topological polar surface area (TPSA) is 93.5 Å². The van der Waals surface area contributed by atoms with Gasteiger partial charge < -0.3 is 15.4 Å². The number of rotatable bonds is 7. The Balaban J connectivity index is 3.01. The van der Waals surface area contributed by atoms with Gasteiger partial charge >= 0.3 is 5.69 Å². The van der Waals surface area contributed by atoms with Crippen molar-refractivity contribution in [3.8, 4) is 5.75 Å². The number of nitrogens with zero attached hydrogens (tertiary/aromatic N) is 1. The van der Waals surface area contributed by atoms with E-state index in [-0.39, 0.29) is 29.5 Å². The molecule has 0 aliphatic carbocycles. The first kappa shape index (κ1) is 14.9. The average Bonchev–Trinajstić information content (AvgIpc) is 2.39. The van der Waals surface area contributed by atoms with Crippen molar-refractivity contribution in [1.82, 2.24) is 10.6 Å². The standard InChI is InChI=1S/C12H17N3O4/c1-3-19-11-9(12(16)14-8-7-13-2)5-4-6-10(11)15(17)18/h4-6,13H,3,7-8H2,1-2H3,(H,14,16). The fraction of sp³-hybridized carbons (Fsp3) is 0.417. The van der Waals surface area contributed by atoms with Crippen molar-refractivity contribution in [3.63, 3.8) is 0 Å². The number of ether oxygens (including phenoxy) is 1. The van der Waals surface area contributed by atoms with Gasteiger partial charge in [0.15, 0.2) is 0 Å². The van der Waals surface area contributed by atoms with Crippen molar-refractivity contribution in [2.75, 3.05) is 26.7 Å². The van der Waals surface area contributed by atoms with Gasteiger partial charge in [0.25, 0.3) is 5.91 Å². The summed E-state index contributed by atoms with van der Waals surface area (Å²) in [6, 6.07) is 4.29. The van der Waals surface area contributed by atoms with Gasteiger partial charge in [-0.25, -0.2) is 0 Å². The second-order valence-electron chi connectivity index (χ2n) is 3.70. The zero-order valence-corrected chi connectivity index (χ0v) is 10.9. The third kappa shape index (κ3) is 3.92. The monoisotopic (exact) mass is 267 g/mol. The van der Waals surface area contributed by atoms with Crippen LogP contribution < -0.4 is 15.4 Å². The Labute approximate surface area is 111 Å². The summed E-state index contributed by atoms with van der Waals surface area (Å²) >= 11 is 0. The van der Waals surface area contributed by atoms with Gasteiger partial charge in [0, 0.05) is 19.2 Å². The highest BCUT2D eigenvalue weighted by atomic mass is 16.6. The van der Waals surface area contributed by atoms with Crippen LogP contribution in [0, 0.1) is 10.1 Å². The number of para-hydroxylation sites is 1. The fourth-order valence-electron chi connectivity index (χ4n) is 1.54. The quantitative estimate of drug-likeness (QED) is 0.435. The first-order valence-corrected chi connectivity index (χ1v) is 5.94. The van der Waals surface area contributed by atoms with Crippen molar-refractivity contribution >= 4 is 11.6 Å². The zero-order valence-electron chi connectivity index (χ0n) is 10.9. The van der Waals surface area contributed by atoms with E-state index in [1.165, 1.54) is 18.2 Å². The Morgan fingerprint density at radius 1 is 1.42 bits per heavy atom. The van der Waals surface area contributed by atoms with Crippen LogP contribution >= 0.6 is 0 Å². The minimum absolute atomic E-state index is 0.0111. The second-order valence-corrected chi connectivity index (χ2v) is 3.70. The van der Waals surface area contributed by atoms with Gasteiger partial charge in [-0.2, -0.15) is 0 Å². The lowest BCUT2D eigenvalue weighted by Crippen LogP contribution is -2.30.